The molecule has 1 aliphatic carbocycles. The average molecular weight is 456 g/mol. The average Bonchev–Trinajstić information content (AvgIpc) is 3.36. The first-order chi connectivity index (χ1) is 13.2. The van der Waals surface area contributed by atoms with Crippen LogP contribution in [0.15, 0.2) is 10.5 Å². The van der Waals surface area contributed by atoms with Gasteiger partial charge in [0.05, 0.1) is 23.3 Å². The molecule has 2 atom stereocenters. The van der Waals surface area contributed by atoms with E-state index >= 15 is 0 Å². The summed E-state index contributed by atoms with van der Waals surface area (Å²) in [7, 11) is 1.65. The third-order valence-corrected chi connectivity index (χ3v) is 6.82. The number of methoxy groups -OCH3 is 1. The van der Waals surface area contributed by atoms with E-state index in [1.54, 1.807) is 7.11 Å². The van der Waals surface area contributed by atoms with Gasteiger partial charge in [-0.3, -0.25) is 4.90 Å². The van der Waals surface area contributed by atoms with Gasteiger partial charge in [0, 0.05) is 19.1 Å². The van der Waals surface area contributed by atoms with Gasteiger partial charge < -0.3 is 14.2 Å². The van der Waals surface area contributed by atoms with E-state index in [0.717, 1.165) is 36.8 Å². The highest BCUT2D eigenvalue weighted by Gasteiger charge is 2.45. The number of hydrogen-bond donors (Lipinski definition) is 0. The molecule has 1 aromatic carbocycles. The van der Waals surface area contributed by atoms with Crippen LogP contribution in [0.2, 0.25) is 0 Å². The summed E-state index contributed by atoms with van der Waals surface area (Å²) in [6.07, 6.45) is 4.53. The lowest BCUT2D eigenvalue weighted by atomic mass is 9.85. The van der Waals surface area contributed by atoms with Crippen LogP contribution >= 0.6 is 15.9 Å². The lowest BCUT2D eigenvalue weighted by molar-refractivity contribution is -0.0971. The van der Waals surface area contributed by atoms with Gasteiger partial charge in [-0.25, -0.2) is 4.39 Å². The maximum absolute atomic E-state index is 14.1. The van der Waals surface area contributed by atoms with E-state index in [-0.39, 0.29) is 18.3 Å². The lowest BCUT2D eigenvalue weighted by Crippen LogP contribution is -2.47. The highest BCUT2D eigenvalue weighted by Crippen LogP contribution is 2.48. The van der Waals surface area contributed by atoms with Crippen molar-refractivity contribution in [2.75, 3.05) is 26.8 Å². The SMILES string of the molecule is COc1cc2c(c(Br)c1OCC1(F)CC1)CCN1CC(OC(C)(C)C)CCC21. The first-order valence-corrected chi connectivity index (χ1v) is 11.1. The van der Waals surface area contributed by atoms with E-state index in [9.17, 15) is 4.39 Å². The van der Waals surface area contributed by atoms with Crippen molar-refractivity contribution < 1.29 is 18.6 Å². The van der Waals surface area contributed by atoms with Gasteiger partial charge in [0.1, 0.15) is 12.3 Å². The second-order valence-electron chi connectivity index (χ2n) is 9.42. The fourth-order valence-corrected chi connectivity index (χ4v) is 5.18. The molecule has 6 heteroatoms. The molecule has 0 amide bonds. The Morgan fingerprint density at radius 1 is 1.29 bits per heavy atom. The number of alkyl halides is 1. The van der Waals surface area contributed by atoms with Crippen LogP contribution in [0.4, 0.5) is 4.39 Å². The van der Waals surface area contributed by atoms with Gasteiger partial charge >= 0.3 is 0 Å². The molecule has 28 heavy (non-hydrogen) atoms. The third-order valence-electron chi connectivity index (χ3n) is 5.98. The Morgan fingerprint density at radius 3 is 2.68 bits per heavy atom. The highest BCUT2D eigenvalue weighted by atomic mass is 79.9. The molecule has 2 unspecified atom stereocenters. The fourth-order valence-electron chi connectivity index (χ4n) is 4.44. The Balaban J connectivity index is 1.56. The predicted octanol–water partition coefficient (Wildman–Crippen LogP) is 5.22. The molecule has 1 saturated carbocycles. The van der Waals surface area contributed by atoms with Crippen LogP contribution in [0.1, 0.15) is 63.6 Å². The Labute approximate surface area is 175 Å². The van der Waals surface area contributed by atoms with Crippen molar-refractivity contribution in [3.63, 3.8) is 0 Å². The molecule has 0 bridgehead atoms. The zero-order chi connectivity index (χ0) is 20.1. The van der Waals surface area contributed by atoms with Crippen molar-refractivity contribution in [1.82, 2.24) is 4.90 Å². The summed E-state index contributed by atoms with van der Waals surface area (Å²) < 4.78 is 32.7. The number of ether oxygens (including phenoxy) is 3. The molecule has 1 saturated heterocycles. The second-order valence-corrected chi connectivity index (χ2v) is 10.2. The van der Waals surface area contributed by atoms with Crippen molar-refractivity contribution in [2.45, 2.75) is 76.3 Å². The van der Waals surface area contributed by atoms with E-state index in [2.05, 4.69) is 47.7 Å². The molecule has 3 aliphatic rings. The third kappa shape index (κ3) is 4.19. The molecule has 1 aromatic rings. The van der Waals surface area contributed by atoms with Crippen molar-refractivity contribution in [1.29, 1.82) is 0 Å². The molecular weight excluding hydrogens is 425 g/mol. The molecule has 4 rings (SSSR count). The maximum atomic E-state index is 14.1. The predicted molar refractivity (Wildman–Crippen MR) is 111 cm³/mol. The number of nitrogens with zero attached hydrogens (tertiary/aromatic N) is 1. The van der Waals surface area contributed by atoms with Gasteiger partial charge in [0.15, 0.2) is 11.5 Å². The van der Waals surface area contributed by atoms with Gasteiger partial charge in [-0.2, -0.15) is 0 Å². The van der Waals surface area contributed by atoms with Crippen LogP contribution in [0, 0.1) is 0 Å². The van der Waals surface area contributed by atoms with Crippen molar-refractivity contribution in [2.24, 2.45) is 0 Å². The van der Waals surface area contributed by atoms with Gasteiger partial charge in [-0.15, -0.1) is 0 Å². The Morgan fingerprint density at radius 2 is 2.04 bits per heavy atom. The zero-order valence-electron chi connectivity index (χ0n) is 17.3. The Hall–Kier alpha value is -0.850. The van der Waals surface area contributed by atoms with E-state index in [1.165, 1.54) is 11.1 Å². The minimum Gasteiger partial charge on any atom is -0.493 e. The first kappa shape index (κ1) is 20.4. The van der Waals surface area contributed by atoms with Gasteiger partial charge in [0.25, 0.3) is 0 Å². The van der Waals surface area contributed by atoms with E-state index in [4.69, 9.17) is 14.2 Å². The van der Waals surface area contributed by atoms with Gasteiger partial charge in [0.2, 0.25) is 0 Å². The fraction of sp³-hybridized carbons (Fsp3) is 0.727. The molecule has 2 fully saturated rings. The number of fused-ring (bicyclic) bond motifs is 3. The Bertz CT molecular complexity index is 744. The molecular formula is C22H31BrFNO3. The minimum atomic E-state index is -1.15. The summed E-state index contributed by atoms with van der Waals surface area (Å²) in [4.78, 5) is 2.54. The van der Waals surface area contributed by atoms with Crippen LogP contribution < -0.4 is 9.47 Å². The first-order valence-electron chi connectivity index (χ1n) is 10.3. The quantitative estimate of drug-likeness (QED) is 0.609. The number of hydrogen-bond acceptors (Lipinski definition) is 4. The summed E-state index contributed by atoms with van der Waals surface area (Å²) in [6.45, 7) is 8.43. The van der Waals surface area contributed by atoms with Crippen LogP contribution in [0.3, 0.4) is 0 Å². The summed E-state index contributed by atoms with van der Waals surface area (Å²) in [5.41, 5.74) is 1.32. The normalized spacial score (nSPS) is 26.4. The number of halogens is 2. The summed E-state index contributed by atoms with van der Waals surface area (Å²) >= 11 is 3.74. The molecule has 4 nitrogen and oxygen atoms in total. The van der Waals surface area contributed by atoms with Crippen molar-refractivity contribution >= 4 is 15.9 Å². The largest absolute Gasteiger partial charge is 0.493 e. The number of rotatable bonds is 5. The van der Waals surface area contributed by atoms with Crippen LogP contribution in [-0.2, 0) is 11.2 Å². The van der Waals surface area contributed by atoms with Crippen LogP contribution in [0.5, 0.6) is 11.5 Å². The van der Waals surface area contributed by atoms with E-state index in [0.29, 0.717) is 30.4 Å². The lowest BCUT2D eigenvalue weighted by Gasteiger charge is -2.45. The van der Waals surface area contributed by atoms with E-state index in [1.807, 2.05) is 0 Å². The smallest absolute Gasteiger partial charge is 0.175 e. The summed E-state index contributed by atoms with van der Waals surface area (Å²) in [6, 6.07) is 2.48. The number of piperidine rings is 1. The monoisotopic (exact) mass is 455 g/mol. The molecule has 0 radical (unpaired) electrons. The maximum Gasteiger partial charge on any atom is 0.175 e. The van der Waals surface area contributed by atoms with E-state index < -0.39 is 5.67 Å². The topological polar surface area (TPSA) is 30.9 Å². The van der Waals surface area contributed by atoms with Crippen LogP contribution in [-0.4, -0.2) is 49.1 Å². The molecule has 2 aliphatic heterocycles. The zero-order valence-corrected chi connectivity index (χ0v) is 18.9. The molecule has 156 valence electrons. The van der Waals surface area contributed by atoms with Crippen LogP contribution in [0.25, 0.3) is 0 Å². The second kappa shape index (κ2) is 7.44. The highest BCUT2D eigenvalue weighted by molar-refractivity contribution is 9.10. The van der Waals surface area contributed by atoms with Crippen molar-refractivity contribution in [3.8, 4) is 11.5 Å². The summed E-state index contributed by atoms with van der Waals surface area (Å²) in [5, 5.41) is 0. The van der Waals surface area contributed by atoms with Gasteiger partial charge in [-0.05, 0) is 86.0 Å². The van der Waals surface area contributed by atoms with Crippen molar-refractivity contribution in [3.05, 3.63) is 21.7 Å². The molecule has 0 spiro atoms. The minimum absolute atomic E-state index is 0.0993. The standard InChI is InChI=1S/C22H31BrFNO3/c1-21(2,3)28-14-5-6-17-16-11-18(26-4)20(27-13-22(24)8-9-22)19(23)15(16)7-10-25(17)12-14/h11,14,17H,5-10,12-13H2,1-4H3. The van der Waals surface area contributed by atoms with Gasteiger partial charge in [-0.1, -0.05) is 0 Å². The number of benzene rings is 1. The Kier molecular flexibility index (Phi) is 5.43. The molecule has 2 heterocycles. The summed E-state index contributed by atoms with van der Waals surface area (Å²) in [5.74, 6) is 1.33. The molecule has 0 aromatic heterocycles. The molecule has 0 N–H and O–H groups in total.